The Morgan fingerprint density at radius 1 is 1.03 bits per heavy atom. The van der Waals surface area contributed by atoms with Crippen LogP contribution in [-0.4, -0.2) is 39.1 Å². The Kier molecular flexibility index (Phi) is 7.92. The van der Waals surface area contributed by atoms with Crippen molar-refractivity contribution in [2.24, 2.45) is 0 Å². The standard InChI is InChI=1S/C28H36N4O2/c1-20(2)31(27(34)17-16-22-13-8-7-9-14-22)19-26(33)29-25-18-24(28(4,5)6)30-32(25)23-15-11-10-12-21(23)3/h7-15,18,20H,16-17,19H2,1-6H3,(H,29,33). The topological polar surface area (TPSA) is 67.2 Å². The molecule has 3 rings (SSSR count). The van der Waals surface area contributed by atoms with Gasteiger partial charge in [-0.15, -0.1) is 0 Å². The maximum absolute atomic E-state index is 13.1. The normalized spacial score (nSPS) is 11.5. The van der Waals surface area contributed by atoms with E-state index in [0.29, 0.717) is 18.7 Å². The first kappa shape index (κ1) is 25.2. The number of amides is 2. The summed E-state index contributed by atoms with van der Waals surface area (Å²) < 4.78 is 1.78. The second kappa shape index (κ2) is 10.7. The summed E-state index contributed by atoms with van der Waals surface area (Å²) in [5.41, 5.74) is 3.78. The number of para-hydroxylation sites is 1. The van der Waals surface area contributed by atoms with Crippen molar-refractivity contribution in [3.63, 3.8) is 0 Å². The van der Waals surface area contributed by atoms with Crippen LogP contribution >= 0.6 is 0 Å². The fraction of sp³-hybridized carbons (Fsp3) is 0.393. The highest BCUT2D eigenvalue weighted by Gasteiger charge is 2.24. The number of nitrogens with zero attached hydrogens (tertiary/aromatic N) is 3. The Labute approximate surface area is 203 Å². The summed E-state index contributed by atoms with van der Waals surface area (Å²) in [5.74, 6) is 0.332. The highest BCUT2D eigenvalue weighted by molar-refractivity contribution is 5.94. The number of carbonyl (C=O) groups is 2. The third-order valence-electron chi connectivity index (χ3n) is 5.82. The summed E-state index contributed by atoms with van der Waals surface area (Å²) in [6.45, 7) is 12.2. The summed E-state index contributed by atoms with van der Waals surface area (Å²) in [4.78, 5) is 27.7. The molecule has 34 heavy (non-hydrogen) atoms. The third kappa shape index (κ3) is 6.34. The van der Waals surface area contributed by atoms with Gasteiger partial charge < -0.3 is 10.2 Å². The first-order chi connectivity index (χ1) is 16.1. The van der Waals surface area contributed by atoms with Crippen molar-refractivity contribution in [3.05, 3.63) is 77.5 Å². The van der Waals surface area contributed by atoms with Gasteiger partial charge in [0, 0.05) is 23.9 Å². The Hall–Kier alpha value is -3.41. The molecule has 0 spiro atoms. The molecule has 180 valence electrons. The molecule has 1 N–H and O–H groups in total. The van der Waals surface area contributed by atoms with E-state index in [2.05, 4.69) is 26.1 Å². The SMILES string of the molecule is Cc1ccccc1-n1nc(C(C)(C)C)cc1NC(=O)CN(C(=O)CCc1ccccc1)C(C)C. The van der Waals surface area contributed by atoms with Crippen molar-refractivity contribution in [3.8, 4) is 5.69 Å². The first-order valence-corrected chi connectivity index (χ1v) is 11.9. The van der Waals surface area contributed by atoms with E-state index < -0.39 is 0 Å². The van der Waals surface area contributed by atoms with Crippen LogP contribution in [0.2, 0.25) is 0 Å². The summed E-state index contributed by atoms with van der Waals surface area (Å²) in [6.07, 6.45) is 1.02. The summed E-state index contributed by atoms with van der Waals surface area (Å²) in [7, 11) is 0. The highest BCUT2D eigenvalue weighted by Crippen LogP contribution is 2.27. The van der Waals surface area contributed by atoms with Gasteiger partial charge in [-0.25, -0.2) is 4.68 Å². The van der Waals surface area contributed by atoms with Crippen LogP contribution in [0.1, 0.15) is 57.9 Å². The van der Waals surface area contributed by atoms with E-state index in [1.54, 1.807) is 9.58 Å². The summed E-state index contributed by atoms with van der Waals surface area (Å²) in [5, 5.41) is 7.81. The van der Waals surface area contributed by atoms with Crippen LogP contribution in [0.3, 0.4) is 0 Å². The number of aryl methyl sites for hydroxylation is 2. The minimum absolute atomic E-state index is 0.00487. The number of hydrogen-bond acceptors (Lipinski definition) is 3. The fourth-order valence-corrected chi connectivity index (χ4v) is 3.76. The van der Waals surface area contributed by atoms with E-state index in [-0.39, 0.29) is 29.8 Å². The number of carbonyl (C=O) groups excluding carboxylic acids is 2. The largest absolute Gasteiger partial charge is 0.331 e. The maximum Gasteiger partial charge on any atom is 0.245 e. The predicted octanol–water partition coefficient (Wildman–Crippen LogP) is 5.29. The zero-order valence-corrected chi connectivity index (χ0v) is 21.1. The van der Waals surface area contributed by atoms with Crippen LogP contribution in [0.25, 0.3) is 5.69 Å². The van der Waals surface area contributed by atoms with Crippen LogP contribution in [0.4, 0.5) is 5.82 Å². The molecule has 0 fully saturated rings. The van der Waals surface area contributed by atoms with Crippen molar-refractivity contribution in [1.29, 1.82) is 0 Å². The van der Waals surface area contributed by atoms with Gasteiger partial charge in [0.2, 0.25) is 11.8 Å². The number of hydrogen-bond donors (Lipinski definition) is 1. The summed E-state index contributed by atoms with van der Waals surface area (Å²) in [6, 6.07) is 19.7. The lowest BCUT2D eigenvalue weighted by atomic mass is 9.92. The average Bonchev–Trinajstić information content (AvgIpc) is 3.20. The molecule has 0 atom stereocenters. The molecule has 1 heterocycles. The monoisotopic (exact) mass is 460 g/mol. The molecule has 2 aromatic carbocycles. The van der Waals surface area contributed by atoms with Crippen LogP contribution in [0, 0.1) is 6.92 Å². The minimum atomic E-state index is -0.239. The molecule has 2 amide bonds. The van der Waals surface area contributed by atoms with Crippen LogP contribution < -0.4 is 5.32 Å². The van der Waals surface area contributed by atoms with Gasteiger partial charge in [0.25, 0.3) is 0 Å². The van der Waals surface area contributed by atoms with Gasteiger partial charge in [-0.1, -0.05) is 69.3 Å². The number of anilines is 1. The zero-order chi connectivity index (χ0) is 24.9. The molecular formula is C28H36N4O2. The van der Waals surface area contributed by atoms with Crippen LogP contribution in [0.15, 0.2) is 60.7 Å². The minimum Gasteiger partial charge on any atom is -0.331 e. The van der Waals surface area contributed by atoms with E-state index >= 15 is 0 Å². The van der Waals surface area contributed by atoms with E-state index in [4.69, 9.17) is 5.10 Å². The number of benzene rings is 2. The fourth-order valence-electron chi connectivity index (χ4n) is 3.76. The van der Waals surface area contributed by atoms with Gasteiger partial charge >= 0.3 is 0 Å². The van der Waals surface area contributed by atoms with Crippen molar-refractivity contribution in [2.75, 3.05) is 11.9 Å². The Balaban J connectivity index is 1.77. The van der Waals surface area contributed by atoms with E-state index in [9.17, 15) is 9.59 Å². The lowest BCUT2D eigenvalue weighted by molar-refractivity contribution is -0.136. The second-order valence-electron chi connectivity index (χ2n) is 10.0. The second-order valence-corrected chi connectivity index (χ2v) is 10.0. The maximum atomic E-state index is 13.1. The molecular weight excluding hydrogens is 424 g/mol. The zero-order valence-electron chi connectivity index (χ0n) is 21.1. The Bertz CT molecular complexity index is 1130. The molecule has 0 aliphatic carbocycles. The van der Waals surface area contributed by atoms with Gasteiger partial charge in [0.15, 0.2) is 0 Å². The average molecular weight is 461 g/mol. The molecule has 0 unspecified atom stereocenters. The molecule has 6 heteroatoms. The van der Waals surface area contributed by atoms with Crippen molar-refractivity contribution in [1.82, 2.24) is 14.7 Å². The molecule has 6 nitrogen and oxygen atoms in total. The number of aromatic nitrogens is 2. The number of nitrogens with one attached hydrogen (secondary N) is 1. The Morgan fingerprint density at radius 3 is 2.29 bits per heavy atom. The molecule has 3 aromatic rings. The van der Waals surface area contributed by atoms with Crippen LogP contribution in [-0.2, 0) is 21.4 Å². The quantitative estimate of drug-likeness (QED) is 0.497. The molecule has 1 aromatic heterocycles. The van der Waals surface area contributed by atoms with Gasteiger partial charge in [-0.05, 0) is 44.4 Å². The smallest absolute Gasteiger partial charge is 0.245 e. The van der Waals surface area contributed by atoms with Crippen molar-refractivity contribution < 1.29 is 9.59 Å². The van der Waals surface area contributed by atoms with Gasteiger partial charge in [-0.3, -0.25) is 9.59 Å². The molecule has 0 radical (unpaired) electrons. The third-order valence-corrected chi connectivity index (χ3v) is 5.82. The first-order valence-electron chi connectivity index (χ1n) is 11.9. The molecule has 0 saturated carbocycles. The van der Waals surface area contributed by atoms with E-state index in [1.165, 1.54) is 0 Å². The van der Waals surface area contributed by atoms with Gasteiger partial charge in [0.05, 0.1) is 11.4 Å². The summed E-state index contributed by atoms with van der Waals surface area (Å²) >= 11 is 0. The van der Waals surface area contributed by atoms with Gasteiger partial charge in [0.1, 0.15) is 12.4 Å². The van der Waals surface area contributed by atoms with Gasteiger partial charge in [-0.2, -0.15) is 5.10 Å². The van der Waals surface area contributed by atoms with Crippen molar-refractivity contribution >= 4 is 17.6 Å². The molecule has 0 bridgehead atoms. The molecule has 0 saturated heterocycles. The van der Waals surface area contributed by atoms with Crippen LogP contribution in [0.5, 0.6) is 0 Å². The molecule has 0 aliphatic rings. The van der Waals surface area contributed by atoms with E-state index in [1.807, 2.05) is 81.4 Å². The Morgan fingerprint density at radius 2 is 1.68 bits per heavy atom. The highest BCUT2D eigenvalue weighted by atomic mass is 16.2. The lowest BCUT2D eigenvalue weighted by Gasteiger charge is -2.26. The number of rotatable bonds is 8. The van der Waals surface area contributed by atoms with E-state index in [0.717, 1.165) is 22.5 Å². The lowest BCUT2D eigenvalue weighted by Crippen LogP contribution is -2.42. The van der Waals surface area contributed by atoms with Crippen molar-refractivity contribution in [2.45, 2.75) is 65.8 Å². The molecule has 0 aliphatic heterocycles. The predicted molar refractivity (Wildman–Crippen MR) is 137 cm³/mol.